The Bertz CT molecular complexity index is 881. The Labute approximate surface area is 146 Å². The van der Waals surface area contributed by atoms with Crippen molar-refractivity contribution in [1.82, 2.24) is 9.62 Å². The van der Waals surface area contributed by atoms with Gasteiger partial charge in [-0.3, -0.25) is 4.79 Å². The lowest BCUT2D eigenvalue weighted by Crippen LogP contribution is -2.30. The number of hydrogen-bond acceptors (Lipinski definition) is 3. The van der Waals surface area contributed by atoms with E-state index in [1.54, 1.807) is 29.2 Å². The van der Waals surface area contributed by atoms with Crippen LogP contribution < -0.4 is 4.72 Å². The third-order valence-corrected chi connectivity index (χ3v) is 5.84. The van der Waals surface area contributed by atoms with Gasteiger partial charge in [0.25, 0.3) is 5.91 Å². The van der Waals surface area contributed by atoms with Gasteiger partial charge in [0.15, 0.2) is 0 Å². The first-order valence-electron chi connectivity index (χ1n) is 8.02. The molecule has 0 saturated carbocycles. The van der Waals surface area contributed by atoms with E-state index in [-0.39, 0.29) is 22.7 Å². The highest BCUT2D eigenvalue weighted by molar-refractivity contribution is 7.89. The first-order valence-corrected chi connectivity index (χ1v) is 9.51. The number of nitrogens with zero attached hydrogens (tertiary/aromatic N) is 1. The van der Waals surface area contributed by atoms with Crippen LogP contribution >= 0.6 is 0 Å². The fraction of sp³-hybridized carbons (Fsp3) is 0.278. The van der Waals surface area contributed by atoms with Gasteiger partial charge in [0.1, 0.15) is 5.82 Å². The Morgan fingerprint density at radius 1 is 1.20 bits per heavy atom. The standard InChI is InChI=1S/C18H19FN2O3S/c1-20-25(23,24)16-5-2-4-14(12-16)18(22)21-11-3-6-17(21)13-7-9-15(19)10-8-13/h2,4-5,7-10,12,17,20H,3,6,11H2,1H3/t17-/m0/s1. The Kier molecular flexibility index (Phi) is 4.87. The summed E-state index contributed by atoms with van der Waals surface area (Å²) < 4.78 is 39.3. The van der Waals surface area contributed by atoms with E-state index in [2.05, 4.69) is 4.72 Å². The monoisotopic (exact) mass is 362 g/mol. The van der Waals surface area contributed by atoms with E-state index in [1.165, 1.54) is 31.3 Å². The van der Waals surface area contributed by atoms with Crippen molar-refractivity contribution in [2.75, 3.05) is 13.6 Å². The highest BCUT2D eigenvalue weighted by atomic mass is 32.2. The normalized spacial score (nSPS) is 17.7. The van der Waals surface area contributed by atoms with Crippen molar-refractivity contribution in [2.45, 2.75) is 23.8 Å². The fourth-order valence-electron chi connectivity index (χ4n) is 3.12. The van der Waals surface area contributed by atoms with Crippen molar-refractivity contribution >= 4 is 15.9 Å². The Balaban J connectivity index is 1.89. The molecule has 2 aromatic rings. The number of amides is 1. The number of benzene rings is 2. The van der Waals surface area contributed by atoms with Gasteiger partial charge in [0.05, 0.1) is 10.9 Å². The zero-order chi connectivity index (χ0) is 18.0. The minimum atomic E-state index is -3.61. The Morgan fingerprint density at radius 3 is 2.60 bits per heavy atom. The number of nitrogens with one attached hydrogen (secondary N) is 1. The van der Waals surface area contributed by atoms with E-state index in [4.69, 9.17) is 0 Å². The molecule has 132 valence electrons. The molecule has 1 atom stereocenters. The van der Waals surface area contributed by atoms with Gasteiger partial charge < -0.3 is 4.90 Å². The van der Waals surface area contributed by atoms with Crippen LogP contribution in [0.5, 0.6) is 0 Å². The first kappa shape index (κ1) is 17.6. The van der Waals surface area contributed by atoms with E-state index < -0.39 is 10.0 Å². The number of rotatable bonds is 4. The zero-order valence-corrected chi connectivity index (χ0v) is 14.6. The second kappa shape index (κ2) is 6.93. The van der Waals surface area contributed by atoms with E-state index in [9.17, 15) is 17.6 Å². The molecular weight excluding hydrogens is 343 g/mol. The van der Waals surface area contributed by atoms with Crippen molar-refractivity contribution in [3.63, 3.8) is 0 Å². The van der Waals surface area contributed by atoms with Gasteiger partial charge in [-0.1, -0.05) is 18.2 Å². The molecule has 1 aliphatic heterocycles. The van der Waals surface area contributed by atoms with Crippen molar-refractivity contribution < 1.29 is 17.6 Å². The van der Waals surface area contributed by atoms with Crippen LogP contribution in [0.1, 0.15) is 34.8 Å². The van der Waals surface area contributed by atoms with Crippen LogP contribution in [0.15, 0.2) is 53.4 Å². The molecule has 0 aromatic heterocycles. The molecule has 25 heavy (non-hydrogen) atoms. The van der Waals surface area contributed by atoms with Crippen LogP contribution in [-0.2, 0) is 10.0 Å². The summed E-state index contributed by atoms with van der Waals surface area (Å²) in [6.07, 6.45) is 1.65. The molecule has 0 aliphatic carbocycles. The van der Waals surface area contributed by atoms with Gasteiger partial charge in [-0.25, -0.2) is 17.5 Å². The number of hydrogen-bond donors (Lipinski definition) is 1. The molecule has 0 radical (unpaired) electrons. The summed E-state index contributed by atoms with van der Waals surface area (Å²) in [7, 11) is -2.28. The SMILES string of the molecule is CNS(=O)(=O)c1cccc(C(=O)N2CCC[C@H]2c2ccc(F)cc2)c1. The maximum Gasteiger partial charge on any atom is 0.254 e. The topological polar surface area (TPSA) is 66.5 Å². The lowest BCUT2D eigenvalue weighted by atomic mass is 10.0. The number of carbonyl (C=O) groups is 1. The fourth-order valence-corrected chi connectivity index (χ4v) is 3.90. The van der Waals surface area contributed by atoms with Crippen molar-refractivity contribution in [3.8, 4) is 0 Å². The van der Waals surface area contributed by atoms with Crippen LogP contribution in [-0.4, -0.2) is 32.8 Å². The minimum Gasteiger partial charge on any atom is -0.332 e. The number of halogens is 1. The number of likely N-dealkylation sites (tertiary alicyclic amines) is 1. The molecule has 0 unspecified atom stereocenters. The van der Waals surface area contributed by atoms with Crippen LogP contribution in [0.2, 0.25) is 0 Å². The maximum atomic E-state index is 13.1. The van der Waals surface area contributed by atoms with Gasteiger partial charge in [0, 0.05) is 12.1 Å². The second-order valence-electron chi connectivity index (χ2n) is 5.94. The first-order chi connectivity index (χ1) is 11.9. The zero-order valence-electron chi connectivity index (χ0n) is 13.8. The summed E-state index contributed by atoms with van der Waals surface area (Å²) in [6, 6.07) is 12.0. The van der Waals surface area contributed by atoms with Crippen LogP contribution in [0.25, 0.3) is 0 Å². The summed E-state index contributed by atoms with van der Waals surface area (Å²) in [5.41, 5.74) is 1.21. The molecule has 0 bridgehead atoms. The van der Waals surface area contributed by atoms with Crippen molar-refractivity contribution in [2.24, 2.45) is 0 Å². The van der Waals surface area contributed by atoms with E-state index >= 15 is 0 Å². The summed E-state index contributed by atoms with van der Waals surface area (Å²) in [5, 5.41) is 0. The van der Waals surface area contributed by atoms with E-state index in [1.807, 2.05) is 0 Å². The van der Waals surface area contributed by atoms with Gasteiger partial charge in [0.2, 0.25) is 10.0 Å². The minimum absolute atomic E-state index is 0.0541. The van der Waals surface area contributed by atoms with E-state index in [0.29, 0.717) is 12.1 Å². The molecule has 7 heteroatoms. The second-order valence-corrected chi connectivity index (χ2v) is 7.83. The van der Waals surface area contributed by atoms with Crippen molar-refractivity contribution in [1.29, 1.82) is 0 Å². The smallest absolute Gasteiger partial charge is 0.254 e. The van der Waals surface area contributed by atoms with Crippen LogP contribution in [0.4, 0.5) is 4.39 Å². The predicted octanol–water partition coefficient (Wildman–Crippen LogP) is 2.71. The molecule has 1 saturated heterocycles. The molecule has 5 nitrogen and oxygen atoms in total. The summed E-state index contributed by atoms with van der Waals surface area (Å²) in [4.78, 5) is 14.7. The molecular formula is C18H19FN2O3S. The Hall–Kier alpha value is -2.25. The lowest BCUT2D eigenvalue weighted by molar-refractivity contribution is 0.0735. The number of sulfonamides is 1. The third kappa shape index (κ3) is 3.57. The van der Waals surface area contributed by atoms with Crippen molar-refractivity contribution in [3.05, 3.63) is 65.5 Å². The van der Waals surface area contributed by atoms with Gasteiger partial charge in [-0.15, -0.1) is 0 Å². The van der Waals surface area contributed by atoms with Crippen LogP contribution in [0, 0.1) is 5.82 Å². The molecule has 1 heterocycles. The summed E-state index contributed by atoms with van der Waals surface area (Å²) in [5.74, 6) is -0.537. The Morgan fingerprint density at radius 2 is 1.92 bits per heavy atom. The third-order valence-electron chi connectivity index (χ3n) is 4.43. The lowest BCUT2D eigenvalue weighted by Gasteiger charge is -2.25. The number of carbonyl (C=O) groups excluding carboxylic acids is 1. The summed E-state index contributed by atoms with van der Waals surface area (Å²) >= 11 is 0. The largest absolute Gasteiger partial charge is 0.332 e. The molecule has 1 fully saturated rings. The quantitative estimate of drug-likeness (QED) is 0.909. The van der Waals surface area contributed by atoms with Gasteiger partial charge in [-0.05, 0) is 55.8 Å². The molecule has 1 amide bonds. The molecule has 3 rings (SSSR count). The molecule has 0 spiro atoms. The van der Waals surface area contributed by atoms with E-state index in [0.717, 1.165) is 18.4 Å². The average Bonchev–Trinajstić information content (AvgIpc) is 3.11. The van der Waals surface area contributed by atoms with Gasteiger partial charge >= 0.3 is 0 Å². The predicted molar refractivity (Wildman–Crippen MR) is 92.1 cm³/mol. The molecule has 1 aliphatic rings. The molecule has 2 aromatic carbocycles. The van der Waals surface area contributed by atoms with Crippen LogP contribution in [0.3, 0.4) is 0 Å². The maximum absolute atomic E-state index is 13.1. The highest BCUT2D eigenvalue weighted by Gasteiger charge is 2.31. The molecule has 1 N–H and O–H groups in total. The van der Waals surface area contributed by atoms with Gasteiger partial charge in [-0.2, -0.15) is 0 Å². The highest BCUT2D eigenvalue weighted by Crippen LogP contribution is 2.33. The average molecular weight is 362 g/mol. The summed E-state index contributed by atoms with van der Waals surface area (Å²) in [6.45, 7) is 0.587.